The van der Waals surface area contributed by atoms with Gasteiger partial charge in [-0.05, 0) is 62.7 Å². The lowest BCUT2D eigenvalue weighted by Gasteiger charge is -2.30. The average molecular weight is 431 g/mol. The van der Waals surface area contributed by atoms with Gasteiger partial charge in [0.25, 0.3) is 0 Å². The van der Waals surface area contributed by atoms with Crippen LogP contribution in [0.15, 0.2) is 60.8 Å². The van der Waals surface area contributed by atoms with E-state index in [0.29, 0.717) is 0 Å². The second-order valence-electron chi connectivity index (χ2n) is 8.23. The summed E-state index contributed by atoms with van der Waals surface area (Å²) in [5.74, 6) is 0.208. The number of amides is 1. The molecule has 1 aliphatic heterocycles. The summed E-state index contributed by atoms with van der Waals surface area (Å²) in [4.78, 5) is 24.3. The Balaban J connectivity index is 1.16. The van der Waals surface area contributed by atoms with Gasteiger partial charge in [0.15, 0.2) is 0 Å². The largest absolute Gasteiger partial charge is 0.355 e. The second-order valence-corrected chi connectivity index (χ2v) is 9.55. The fourth-order valence-corrected chi connectivity index (χ4v) is 5.10. The Morgan fingerprint density at radius 1 is 1.16 bits per heavy atom. The number of aromatic amines is 1. The maximum absolute atomic E-state index is 12.8. The molecule has 0 unspecified atom stereocenters. The number of fused-ring (bicyclic) bond motifs is 1. The summed E-state index contributed by atoms with van der Waals surface area (Å²) < 4.78 is 0. The summed E-state index contributed by atoms with van der Waals surface area (Å²) in [5, 5.41) is 5.42. The van der Waals surface area contributed by atoms with Crippen LogP contribution in [0, 0.1) is 12.8 Å². The molecule has 158 valence electrons. The van der Waals surface area contributed by atoms with Crippen molar-refractivity contribution in [3.63, 3.8) is 0 Å². The molecule has 1 amide bonds. The van der Waals surface area contributed by atoms with Gasteiger partial charge in [0.2, 0.25) is 5.91 Å². The zero-order valence-corrected chi connectivity index (χ0v) is 18.4. The van der Waals surface area contributed by atoms with Gasteiger partial charge >= 0.3 is 0 Å². The topological polar surface area (TPSA) is 61.0 Å². The lowest BCUT2D eigenvalue weighted by Crippen LogP contribution is -2.37. The van der Waals surface area contributed by atoms with Crippen LogP contribution in [-0.4, -0.2) is 33.9 Å². The summed E-state index contributed by atoms with van der Waals surface area (Å²) in [6.07, 6.45) is 3.77. The van der Waals surface area contributed by atoms with Gasteiger partial charge in [-0.15, -0.1) is 11.3 Å². The third kappa shape index (κ3) is 4.55. The molecular formula is C25H26N4OS. The molecule has 0 bridgehead atoms. The summed E-state index contributed by atoms with van der Waals surface area (Å²) in [5.41, 5.74) is 4.18. The van der Waals surface area contributed by atoms with Crippen LogP contribution in [-0.2, 0) is 11.3 Å². The molecule has 0 atom stereocenters. The van der Waals surface area contributed by atoms with Crippen LogP contribution in [0.1, 0.15) is 22.7 Å². The van der Waals surface area contributed by atoms with Crippen LogP contribution in [0.25, 0.3) is 22.2 Å². The lowest BCUT2D eigenvalue weighted by molar-refractivity contribution is -0.121. The molecule has 2 aromatic heterocycles. The molecule has 0 saturated carbocycles. The molecular weight excluding hydrogens is 404 g/mol. The molecule has 1 saturated heterocycles. The third-order valence-corrected chi connectivity index (χ3v) is 6.90. The van der Waals surface area contributed by atoms with Crippen LogP contribution < -0.4 is 5.32 Å². The van der Waals surface area contributed by atoms with E-state index in [-0.39, 0.29) is 11.8 Å². The molecule has 31 heavy (non-hydrogen) atoms. The number of carbonyl (C=O) groups is 1. The molecule has 2 N–H and O–H groups in total. The number of anilines is 1. The summed E-state index contributed by atoms with van der Waals surface area (Å²) in [6, 6.07) is 18.5. The molecule has 6 heteroatoms. The van der Waals surface area contributed by atoms with Gasteiger partial charge < -0.3 is 10.3 Å². The first-order chi connectivity index (χ1) is 15.1. The normalized spacial score (nSPS) is 15.4. The monoisotopic (exact) mass is 430 g/mol. The van der Waals surface area contributed by atoms with Crippen molar-refractivity contribution in [3.05, 3.63) is 70.7 Å². The van der Waals surface area contributed by atoms with Crippen LogP contribution in [0.5, 0.6) is 0 Å². The molecule has 1 aliphatic rings. The van der Waals surface area contributed by atoms with Crippen LogP contribution in [0.4, 0.5) is 5.69 Å². The fraction of sp³-hybridized carbons (Fsp3) is 0.280. The number of H-pyrrole nitrogens is 1. The quantitative estimate of drug-likeness (QED) is 0.443. The van der Waals surface area contributed by atoms with E-state index in [1.807, 2.05) is 37.4 Å². The molecule has 2 aromatic carbocycles. The number of piperidine rings is 1. The van der Waals surface area contributed by atoms with E-state index in [1.165, 1.54) is 10.3 Å². The Bertz CT molecular complexity index is 1150. The van der Waals surface area contributed by atoms with E-state index in [1.54, 1.807) is 11.3 Å². The van der Waals surface area contributed by atoms with Gasteiger partial charge in [-0.2, -0.15) is 0 Å². The Kier molecular flexibility index (Phi) is 5.57. The van der Waals surface area contributed by atoms with Crippen LogP contribution in [0.3, 0.4) is 0 Å². The smallest absolute Gasteiger partial charge is 0.227 e. The molecule has 0 aliphatic carbocycles. The van der Waals surface area contributed by atoms with Gasteiger partial charge in [-0.25, -0.2) is 4.98 Å². The Morgan fingerprint density at radius 2 is 1.94 bits per heavy atom. The number of likely N-dealkylation sites (tertiary alicyclic amines) is 1. The number of aromatic nitrogens is 2. The van der Waals surface area contributed by atoms with Crippen molar-refractivity contribution in [1.29, 1.82) is 0 Å². The molecule has 0 radical (unpaired) electrons. The molecule has 0 spiro atoms. The lowest BCUT2D eigenvalue weighted by atomic mass is 9.95. The Hall–Kier alpha value is -2.96. The maximum atomic E-state index is 12.8. The predicted octanol–water partition coefficient (Wildman–Crippen LogP) is 5.45. The van der Waals surface area contributed by atoms with Crippen LogP contribution in [0.2, 0.25) is 0 Å². The maximum Gasteiger partial charge on any atom is 0.227 e. The van der Waals surface area contributed by atoms with E-state index in [2.05, 4.69) is 50.5 Å². The number of carbonyl (C=O) groups excluding carboxylic acids is 1. The first-order valence-electron chi connectivity index (χ1n) is 10.8. The molecule has 1 fully saturated rings. The van der Waals surface area contributed by atoms with E-state index in [9.17, 15) is 4.79 Å². The van der Waals surface area contributed by atoms with Crippen molar-refractivity contribution in [2.24, 2.45) is 5.92 Å². The zero-order chi connectivity index (χ0) is 21.2. The van der Waals surface area contributed by atoms with Crippen LogP contribution >= 0.6 is 11.3 Å². The van der Waals surface area contributed by atoms with Crippen molar-refractivity contribution < 1.29 is 4.79 Å². The number of para-hydroxylation sites is 1. The first kappa shape index (κ1) is 20.0. The Morgan fingerprint density at radius 3 is 2.65 bits per heavy atom. The number of hydrogen-bond acceptors (Lipinski definition) is 4. The predicted molar refractivity (Wildman–Crippen MR) is 127 cm³/mol. The van der Waals surface area contributed by atoms with Crippen molar-refractivity contribution in [2.45, 2.75) is 26.3 Å². The highest BCUT2D eigenvalue weighted by Crippen LogP contribution is 2.26. The highest BCUT2D eigenvalue weighted by molar-refractivity contribution is 7.11. The standard InChI is InChI=1S/C25H26N4OS/c1-17-26-15-22(31-17)16-29-12-10-19(11-13-29)25(30)27-21-8-6-18(7-9-21)24-14-20-4-2-3-5-23(20)28-24/h2-9,14-15,19,28H,10-13,16H2,1H3,(H,27,30). The van der Waals surface area contributed by atoms with Crippen molar-refractivity contribution >= 4 is 33.8 Å². The van der Waals surface area contributed by atoms with Crippen molar-refractivity contribution in [3.8, 4) is 11.3 Å². The first-order valence-corrected chi connectivity index (χ1v) is 11.6. The average Bonchev–Trinajstić information content (AvgIpc) is 3.40. The SMILES string of the molecule is Cc1ncc(CN2CCC(C(=O)Nc3ccc(-c4cc5ccccc5[nH]4)cc3)CC2)s1. The number of rotatable bonds is 5. The van der Waals surface area contributed by atoms with Gasteiger partial charge in [0.1, 0.15) is 0 Å². The minimum atomic E-state index is 0.0767. The number of benzene rings is 2. The third-order valence-electron chi connectivity index (χ3n) is 6.00. The molecule has 5 rings (SSSR count). The van der Waals surface area contributed by atoms with E-state index >= 15 is 0 Å². The summed E-state index contributed by atoms with van der Waals surface area (Å²) in [6.45, 7) is 4.88. The zero-order valence-electron chi connectivity index (χ0n) is 17.6. The summed E-state index contributed by atoms with van der Waals surface area (Å²) >= 11 is 1.76. The highest BCUT2D eigenvalue weighted by Gasteiger charge is 2.25. The van der Waals surface area contributed by atoms with Gasteiger partial charge in [-0.3, -0.25) is 9.69 Å². The Labute approximate surface area is 186 Å². The van der Waals surface area contributed by atoms with Crippen molar-refractivity contribution in [2.75, 3.05) is 18.4 Å². The molecule has 5 nitrogen and oxygen atoms in total. The van der Waals surface area contributed by atoms with E-state index in [0.717, 1.165) is 59.9 Å². The molecule has 4 aromatic rings. The number of nitrogens with one attached hydrogen (secondary N) is 2. The number of aryl methyl sites for hydroxylation is 1. The highest BCUT2D eigenvalue weighted by atomic mass is 32.1. The van der Waals surface area contributed by atoms with Gasteiger partial charge in [0, 0.05) is 45.8 Å². The summed E-state index contributed by atoms with van der Waals surface area (Å²) in [7, 11) is 0. The minimum absolute atomic E-state index is 0.0767. The van der Waals surface area contributed by atoms with E-state index < -0.39 is 0 Å². The van der Waals surface area contributed by atoms with Gasteiger partial charge in [-0.1, -0.05) is 30.3 Å². The fourth-order valence-electron chi connectivity index (χ4n) is 4.26. The minimum Gasteiger partial charge on any atom is -0.355 e. The number of thiazole rings is 1. The van der Waals surface area contributed by atoms with Gasteiger partial charge in [0.05, 0.1) is 5.01 Å². The molecule has 3 heterocycles. The second kappa shape index (κ2) is 8.65. The van der Waals surface area contributed by atoms with E-state index in [4.69, 9.17) is 0 Å². The van der Waals surface area contributed by atoms with Crippen molar-refractivity contribution in [1.82, 2.24) is 14.9 Å². The number of nitrogens with zero attached hydrogens (tertiary/aromatic N) is 2. The number of hydrogen-bond donors (Lipinski definition) is 2.